The Morgan fingerprint density at radius 1 is 1.12 bits per heavy atom. The normalized spacial score (nSPS) is 13.7. The van der Waals surface area contributed by atoms with Gasteiger partial charge in [0.15, 0.2) is 5.69 Å². The van der Waals surface area contributed by atoms with Crippen LogP contribution in [0.1, 0.15) is 16.7 Å². The second kappa shape index (κ2) is 8.04. The van der Waals surface area contributed by atoms with Crippen molar-refractivity contribution in [2.75, 3.05) is 14.1 Å². The Bertz CT molecular complexity index is 806. The van der Waals surface area contributed by atoms with Crippen molar-refractivity contribution in [3.8, 4) is 0 Å². The van der Waals surface area contributed by atoms with Gasteiger partial charge < -0.3 is 0 Å². The summed E-state index contributed by atoms with van der Waals surface area (Å²) in [7, 11) is 3.93. The lowest BCUT2D eigenvalue weighted by molar-refractivity contribution is 0.743. The third kappa shape index (κ3) is 4.84. The first-order valence-corrected chi connectivity index (χ1v) is 9.04. The lowest BCUT2D eigenvalue weighted by atomic mass is 10.1. The molecule has 0 bridgehead atoms. The predicted octanol–water partition coefficient (Wildman–Crippen LogP) is 5.66. The molecule has 1 atom stereocenters. The van der Waals surface area contributed by atoms with Gasteiger partial charge in [-0.3, -0.25) is 9.71 Å². The van der Waals surface area contributed by atoms with Crippen LogP contribution in [-0.4, -0.2) is 31.1 Å². The highest BCUT2D eigenvalue weighted by Gasteiger charge is 2.29. The summed E-state index contributed by atoms with van der Waals surface area (Å²) in [6, 6.07) is 11.9. The van der Waals surface area contributed by atoms with Crippen LogP contribution < -0.4 is 3.89 Å². The zero-order chi connectivity index (χ0) is 18.6. The molecule has 0 aliphatic heterocycles. The van der Waals surface area contributed by atoms with Gasteiger partial charge in [-0.1, -0.05) is 29.3 Å². The monoisotopic (exact) mass is 375 g/mol. The van der Waals surface area contributed by atoms with Gasteiger partial charge >= 0.3 is 0 Å². The number of aryl methyl sites for hydroxylation is 3. The van der Waals surface area contributed by atoms with E-state index in [9.17, 15) is 0 Å². The van der Waals surface area contributed by atoms with E-state index in [0.29, 0.717) is 8.91 Å². The SMILES string of the molecule is Cc1ccc([N+](C)(C=N)SN(C)C=Nc2ccc(Cl)cc2C)c(C)c1. The molecule has 6 heteroatoms. The smallest absolute Gasteiger partial charge is 0.213 e. The number of halogens is 1. The van der Waals surface area contributed by atoms with Crippen molar-refractivity contribution in [2.45, 2.75) is 20.8 Å². The van der Waals surface area contributed by atoms with Crippen molar-refractivity contribution in [1.82, 2.24) is 8.19 Å². The number of nitrogens with zero attached hydrogens (tertiary/aromatic N) is 3. The molecule has 0 radical (unpaired) electrons. The maximum Gasteiger partial charge on any atom is 0.213 e. The third-order valence-corrected chi connectivity index (χ3v) is 5.12. The summed E-state index contributed by atoms with van der Waals surface area (Å²) in [5.41, 5.74) is 5.37. The number of rotatable bonds is 6. The van der Waals surface area contributed by atoms with E-state index in [1.807, 2.05) is 43.5 Å². The Hall–Kier alpha value is -1.82. The number of aliphatic imine (C=N–C) groups is 1. The third-order valence-electron chi connectivity index (χ3n) is 3.89. The van der Waals surface area contributed by atoms with E-state index in [4.69, 9.17) is 17.0 Å². The second-order valence-electron chi connectivity index (χ2n) is 6.21. The van der Waals surface area contributed by atoms with Crippen LogP contribution in [0, 0.1) is 26.2 Å². The maximum absolute atomic E-state index is 7.93. The largest absolute Gasteiger partial charge is 0.260 e. The molecule has 4 nitrogen and oxygen atoms in total. The molecule has 0 aliphatic carbocycles. The highest BCUT2D eigenvalue weighted by molar-refractivity contribution is 7.97. The first kappa shape index (κ1) is 19.5. The first-order valence-electron chi connectivity index (χ1n) is 7.94. The molecular formula is C19H24ClN4S+. The Kier molecular flexibility index (Phi) is 6.27. The molecule has 1 N–H and O–H groups in total. The predicted molar refractivity (Wildman–Crippen MR) is 112 cm³/mol. The quantitative estimate of drug-likeness (QED) is 0.306. The molecule has 132 valence electrons. The molecule has 0 fully saturated rings. The molecule has 0 spiro atoms. The molecular weight excluding hydrogens is 352 g/mol. The van der Waals surface area contributed by atoms with Crippen molar-refractivity contribution < 1.29 is 0 Å². The van der Waals surface area contributed by atoms with Gasteiger partial charge in [0.25, 0.3) is 0 Å². The van der Waals surface area contributed by atoms with Crippen LogP contribution in [0.15, 0.2) is 41.4 Å². The Morgan fingerprint density at radius 2 is 1.84 bits per heavy atom. The summed E-state index contributed by atoms with van der Waals surface area (Å²) >= 11 is 7.49. The molecule has 0 heterocycles. The fourth-order valence-corrected chi connectivity index (χ4v) is 3.83. The standard InChI is InChI=1S/C19H24ClN4S/c1-14-6-9-19(16(3)10-14)24(5,12-21)25-23(4)13-22-18-8-7-17(20)11-15(18)2/h6-13,21H,1-5H3/q+1. The minimum Gasteiger partial charge on any atom is -0.260 e. The van der Waals surface area contributed by atoms with Crippen molar-refractivity contribution in [3.05, 3.63) is 58.1 Å². The number of nitrogens with one attached hydrogen (secondary N) is 1. The zero-order valence-corrected chi connectivity index (χ0v) is 16.8. The molecule has 2 aromatic rings. The molecule has 0 aliphatic rings. The summed E-state index contributed by atoms with van der Waals surface area (Å²) in [6.45, 7) is 6.14. The van der Waals surface area contributed by atoms with Gasteiger partial charge in [-0.2, -0.15) is 3.89 Å². The number of quaternary nitrogens is 1. The number of benzene rings is 2. The minimum atomic E-state index is 0.300. The Labute approximate surface area is 159 Å². The van der Waals surface area contributed by atoms with E-state index in [2.05, 4.69) is 37.0 Å². The van der Waals surface area contributed by atoms with Crippen molar-refractivity contribution >= 4 is 47.8 Å². The van der Waals surface area contributed by atoms with Crippen LogP contribution in [0.25, 0.3) is 0 Å². The molecule has 0 aromatic heterocycles. The summed E-state index contributed by atoms with van der Waals surface area (Å²) in [5, 5.41) is 8.64. The lowest BCUT2D eigenvalue weighted by Gasteiger charge is -2.29. The number of hydrogen-bond acceptors (Lipinski definition) is 3. The molecule has 2 rings (SSSR count). The van der Waals surface area contributed by atoms with Crippen molar-refractivity contribution in [2.24, 2.45) is 4.99 Å². The zero-order valence-electron chi connectivity index (χ0n) is 15.2. The first-order chi connectivity index (χ1) is 11.7. The summed E-state index contributed by atoms with van der Waals surface area (Å²) in [6.07, 6.45) is 3.20. The molecule has 1 unspecified atom stereocenters. The van der Waals surface area contributed by atoms with Gasteiger partial charge in [-0.15, -0.1) is 0 Å². The molecule has 25 heavy (non-hydrogen) atoms. The fraction of sp³-hybridized carbons (Fsp3) is 0.263. The van der Waals surface area contributed by atoms with Gasteiger partial charge in [0, 0.05) is 23.7 Å². The molecule has 2 aromatic carbocycles. The van der Waals surface area contributed by atoms with Crippen LogP contribution in [0.5, 0.6) is 0 Å². The summed E-state index contributed by atoms with van der Waals surface area (Å²) < 4.78 is 2.21. The van der Waals surface area contributed by atoms with Gasteiger partial charge in [0.1, 0.15) is 6.34 Å². The highest BCUT2D eigenvalue weighted by atomic mass is 35.5. The van der Waals surface area contributed by atoms with Crippen LogP contribution in [-0.2, 0) is 0 Å². The van der Waals surface area contributed by atoms with E-state index in [1.165, 1.54) is 24.0 Å². The van der Waals surface area contributed by atoms with Gasteiger partial charge in [-0.25, -0.2) is 4.99 Å². The topological polar surface area (TPSA) is 39.5 Å². The van der Waals surface area contributed by atoms with Gasteiger partial charge in [-0.05, 0) is 44.5 Å². The minimum absolute atomic E-state index is 0.300. The fourth-order valence-electron chi connectivity index (χ4n) is 2.64. The Balaban J connectivity index is 2.20. The molecule has 0 saturated heterocycles. The summed E-state index contributed by atoms with van der Waals surface area (Å²) in [5.74, 6) is 0. The van der Waals surface area contributed by atoms with Crippen LogP contribution in [0.2, 0.25) is 5.02 Å². The van der Waals surface area contributed by atoms with E-state index < -0.39 is 0 Å². The van der Waals surface area contributed by atoms with E-state index in [-0.39, 0.29) is 0 Å². The average molecular weight is 376 g/mol. The highest BCUT2D eigenvalue weighted by Crippen LogP contribution is 2.33. The average Bonchev–Trinajstić information content (AvgIpc) is 2.53. The van der Waals surface area contributed by atoms with E-state index in [0.717, 1.165) is 22.5 Å². The Morgan fingerprint density at radius 3 is 2.44 bits per heavy atom. The molecule has 0 amide bonds. The van der Waals surface area contributed by atoms with E-state index >= 15 is 0 Å². The summed E-state index contributed by atoms with van der Waals surface area (Å²) in [4.78, 5) is 4.53. The van der Waals surface area contributed by atoms with Gasteiger partial charge in [0.05, 0.1) is 12.7 Å². The van der Waals surface area contributed by atoms with Gasteiger partial charge in [0.2, 0.25) is 18.5 Å². The van der Waals surface area contributed by atoms with Crippen molar-refractivity contribution in [1.29, 1.82) is 5.41 Å². The van der Waals surface area contributed by atoms with Crippen LogP contribution in [0.3, 0.4) is 0 Å². The molecule has 0 saturated carbocycles. The van der Waals surface area contributed by atoms with E-state index in [1.54, 1.807) is 6.34 Å². The maximum atomic E-state index is 7.93. The lowest BCUT2D eigenvalue weighted by Crippen LogP contribution is -2.39. The van der Waals surface area contributed by atoms with Crippen LogP contribution >= 0.6 is 23.7 Å². The van der Waals surface area contributed by atoms with Crippen molar-refractivity contribution in [3.63, 3.8) is 0 Å². The van der Waals surface area contributed by atoms with Crippen LogP contribution in [0.4, 0.5) is 11.4 Å². The second-order valence-corrected chi connectivity index (χ2v) is 8.15. The number of hydrogen-bond donors (Lipinski definition) is 1.